The van der Waals surface area contributed by atoms with Crippen molar-refractivity contribution in [3.8, 4) is 5.75 Å². The number of carbonyl (C=O) groups is 1. The van der Waals surface area contributed by atoms with Gasteiger partial charge in [0.05, 0.1) is 29.3 Å². The number of methoxy groups -OCH3 is 1. The van der Waals surface area contributed by atoms with Crippen molar-refractivity contribution in [3.63, 3.8) is 0 Å². The van der Waals surface area contributed by atoms with E-state index in [1.165, 1.54) is 0 Å². The zero-order valence-corrected chi connectivity index (χ0v) is 19.6. The molecule has 0 radical (unpaired) electrons. The molecule has 8 heteroatoms. The highest BCUT2D eigenvalue weighted by Crippen LogP contribution is 2.29. The molecule has 0 bridgehead atoms. The molecule has 3 heterocycles. The van der Waals surface area contributed by atoms with Gasteiger partial charge in [-0.1, -0.05) is 22.0 Å². The van der Waals surface area contributed by atoms with Crippen LogP contribution in [-0.4, -0.2) is 53.6 Å². The molecule has 1 aliphatic heterocycles. The normalized spacial score (nSPS) is 14.2. The van der Waals surface area contributed by atoms with E-state index in [1.807, 2.05) is 48.2 Å². The first-order valence-electron chi connectivity index (χ1n) is 10.6. The number of amides is 2. The smallest absolute Gasteiger partial charge is 0.322 e. The van der Waals surface area contributed by atoms with Gasteiger partial charge in [0.1, 0.15) is 5.75 Å². The van der Waals surface area contributed by atoms with Gasteiger partial charge in [0, 0.05) is 36.8 Å². The highest BCUT2D eigenvalue weighted by Gasteiger charge is 2.24. The molecular weight excluding hydrogens is 470 g/mol. The first-order valence-corrected chi connectivity index (χ1v) is 11.3. The minimum Gasteiger partial charge on any atom is -0.495 e. The number of nitrogens with one attached hydrogen (secondary N) is 1. The summed E-state index contributed by atoms with van der Waals surface area (Å²) in [6.45, 7) is 4.65. The van der Waals surface area contributed by atoms with Crippen LogP contribution in [0, 0.1) is 6.92 Å². The molecule has 1 aliphatic rings. The van der Waals surface area contributed by atoms with E-state index in [0.29, 0.717) is 37.6 Å². The Morgan fingerprint density at radius 2 is 1.88 bits per heavy atom. The molecule has 0 aliphatic carbocycles. The molecule has 0 unspecified atom stereocenters. The summed E-state index contributed by atoms with van der Waals surface area (Å²) in [6.07, 6.45) is 2.07. The average Bonchev–Trinajstić information content (AvgIpc) is 3.29. The summed E-state index contributed by atoms with van der Waals surface area (Å²) in [5.74, 6) is 1.60. The number of hydrogen-bond donors (Lipinski definition) is 1. The van der Waals surface area contributed by atoms with E-state index in [-0.39, 0.29) is 6.03 Å². The summed E-state index contributed by atoms with van der Waals surface area (Å²) in [7, 11) is 1.61. The van der Waals surface area contributed by atoms with Crippen molar-refractivity contribution in [2.24, 2.45) is 0 Å². The number of ether oxygens (including phenoxy) is 1. The number of piperazine rings is 1. The van der Waals surface area contributed by atoms with Gasteiger partial charge in [-0.25, -0.2) is 9.78 Å². The first kappa shape index (κ1) is 20.6. The Balaban J connectivity index is 1.35. The molecular formula is C24H24BrN5O2. The molecule has 0 saturated carbocycles. The van der Waals surface area contributed by atoms with Gasteiger partial charge in [0.2, 0.25) is 0 Å². The summed E-state index contributed by atoms with van der Waals surface area (Å²) in [5, 5.41) is 3.00. The lowest BCUT2D eigenvalue weighted by Gasteiger charge is -2.35. The molecule has 1 N–H and O–H groups in total. The number of fused-ring (bicyclic) bond motifs is 3. The van der Waals surface area contributed by atoms with Gasteiger partial charge in [-0.3, -0.25) is 0 Å². The average molecular weight is 494 g/mol. The van der Waals surface area contributed by atoms with E-state index in [0.717, 1.165) is 32.4 Å². The lowest BCUT2D eigenvalue weighted by Crippen LogP contribution is -2.50. The fourth-order valence-electron chi connectivity index (χ4n) is 4.20. The van der Waals surface area contributed by atoms with Crippen molar-refractivity contribution in [2.75, 3.05) is 43.5 Å². The number of benzene rings is 2. The molecule has 2 aromatic carbocycles. The molecule has 2 aromatic heterocycles. The standard InChI is InChI=1S/C24H24BrN5O2/c1-16-5-8-22(32-2)19(14-16)27-24(31)29-12-10-28(11-13-29)23-21-4-3-9-30(21)20-7-6-17(25)15-18(20)26-23/h3-9,14-15H,10-13H2,1-2H3,(H,27,31). The number of aromatic nitrogens is 2. The van der Waals surface area contributed by atoms with E-state index < -0.39 is 0 Å². The van der Waals surface area contributed by atoms with Crippen LogP contribution in [0.4, 0.5) is 16.3 Å². The number of urea groups is 1. The van der Waals surface area contributed by atoms with Crippen LogP contribution in [0.15, 0.2) is 59.2 Å². The molecule has 0 spiro atoms. The van der Waals surface area contributed by atoms with E-state index in [2.05, 4.69) is 48.9 Å². The fraction of sp³-hybridized carbons (Fsp3) is 0.250. The third kappa shape index (κ3) is 3.75. The Labute approximate surface area is 194 Å². The second-order valence-electron chi connectivity index (χ2n) is 7.94. The second-order valence-corrected chi connectivity index (χ2v) is 8.86. The van der Waals surface area contributed by atoms with E-state index in [9.17, 15) is 4.79 Å². The Morgan fingerprint density at radius 3 is 2.66 bits per heavy atom. The van der Waals surface area contributed by atoms with Gasteiger partial charge >= 0.3 is 6.03 Å². The van der Waals surface area contributed by atoms with Gasteiger partial charge in [0.15, 0.2) is 5.82 Å². The van der Waals surface area contributed by atoms with E-state index in [4.69, 9.17) is 9.72 Å². The topological polar surface area (TPSA) is 62.1 Å². The van der Waals surface area contributed by atoms with Crippen LogP contribution in [0.1, 0.15) is 5.56 Å². The van der Waals surface area contributed by atoms with Crippen molar-refractivity contribution in [3.05, 3.63) is 64.8 Å². The monoisotopic (exact) mass is 493 g/mol. The Bertz CT molecular complexity index is 1310. The van der Waals surface area contributed by atoms with E-state index >= 15 is 0 Å². The van der Waals surface area contributed by atoms with Crippen LogP contribution in [-0.2, 0) is 0 Å². The Morgan fingerprint density at radius 1 is 1.06 bits per heavy atom. The minimum atomic E-state index is -0.114. The highest BCUT2D eigenvalue weighted by atomic mass is 79.9. The summed E-state index contributed by atoms with van der Waals surface area (Å²) >= 11 is 3.55. The largest absolute Gasteiger partial charge is 0.495 e. The van der Waals surface area contributed by atoms with Gasteiger partial charge in [-0.05, 0) is 55.0 Å². The number of carbonyl (C=O) groups excluding carboxylic acids is 1. The molecule has 5 rings (SSSR count). The summed E-state index contributed by atoms with van der Waals surface area (Å²) in [6, 6.07) is 15.9. The number of halogens is 1. The predicted octanol–water partition coefficient (Wildman–Crippen LogP) is 4.92. The molecule has 7 nitrogen and oxygen atoms in total. The van der Waals surface area contributed by atoms with Crippen LogP contribution in [0.5, 0.6) is 5.75 Å². The molecule has 1 fully saturated rings. The number of anilines is 2. The summed E-state index contributed by atoms with van der Waals surface area (Å²) in [4.78, 5) is 22.0. The molecule has 4 aromatic rings. The zero-order valence-electron chi connectivity index (χ0n) is 18.0. The maximum atomic E-state index is 12.9. The van der Waals surface area contributed by atoms with Crippen LogP contribution in [0.2, 0.25) is 0 Å². The maximum Gasteiger partial charge on any atom is 0.322 e. The molecule has 2 amide bonds. The van der Waals surface area contributed by atoms with Crippen molar-refractivity contribution in [1.29, 1.82) is 0 Å². The summed E-state index contributed by atoms with van der Waals surface area (Å²) < 4.78 is 8.56. The van der Waals surface area contributed by atoms with Crippen LogP contribution in [0.3, 0.4) is 0 Å². The molecule has 164 valence electrons. The quantitative estimate of drug-likeness (QED) is 0.439. The van der Waals surface area contributed by atoms with Crippen LogP contribution >= 0.6 is 15.9 Å². The van der Waals surface area contributed by atoms with Crippen LogP contribution < -0.4 is 15.0 Å². The van der Waals surface area contributed by atoms with Crippen molar-refractivity contribution >= 4 is 50.0 Å². The van der Waals surface area contributed by atoms with Crippen LogP contribution in [0.25, 0.3) is 16.6 Å². The second kappa shape index (κ2) is 8.35. The third-order valence-corrected chi connectivity index (χ3v) is 6.36. The first-order chi connectivity index (χ1) is 15.5. The predicted molar refractivity (Wildman–Crippen MR) is 131 cm³/mol. The van der Waals surface area contributed by atoms with Crippen molar-refractivity contribution in [1.82, 2.24) is 14.3 Å². The number of hydrogen-bond acceptors (Lipinski definition) is 4. The van der Waals surface area contributed by atoms with Gasteiger partial charge in [0.25, 0.3) is 0 Å². The lowest BCUT2D eigenvalue weighted by molar-refractivity contribution is 0.208. The zero-order chi connectivity index (χ0) is 22.2. The number of nitrogens with zero attached hydrogens (tertiary/aromatic N) is 4. The van der Waals surface area contributed by atoms with Gasteiger partial charge in [-0.2, -0.15) is 0 Å². The van der Waals surface area contributed by atoms with Gasteiger partial charge in [-0.15, -0.1) is 0 Å². The lowest BCUT2D eigenvalue weighted by atomic mass is 10.2. The fourth-order valence-corrected chi connectivity index (χ4v) is 4.55. The number of rotatable bonds is 3. The Kier molecular flexibility index (Phi) is 5.38. The Hall–Kier alpha value is -3.26. The SMILES string of the molecule is COc1ccc(C)cc1NC(=O)N1CCN(c2nc3cc(Br)ccc3n3cccc23)CC1. The molecule has 32 heavy (non-hydrogen) atoms. The van der Waals surface area contributed by atoms with Gasteiger partial charge < -0.3 is 24.3 Å². The maximum absolute atomic E-state index is 12.9. The number of aryl methyl sites for hydroxylation is 1. The summed E-state index contributed by atoms with van der Waals surface area (Å²) in [5.41, 5.74) is 4.84. The third-order valence-electron chi connectivity index (χ3n) is 5.86. The van der Waals surface area contributed by atoms with Crippen molar-refractivity contribution in [2.45, 2.75) is 6.92 Å². The minimum absolute atomic E-state index is 0.114. The molecule has 0 atom stereocenters. The van der Waals surface area contributed by atoms with E-state index in [1.54, 1.807) is 7.11 Å². The highest BCUT2D eigenvalue weighted by molar-refractivity contribution is 9.10. The molecule has 1 saturated heterocycles. The van der Waals surface area contributed by atoms with Crippen molar-refractivity contribution < 1.29 is 9.53 Å².